The first-order chi connectivity index (χ1) is 7.13. The molecule has 88 valence electrons. The molecule has 1 saturated heterocycles. The molecule has 0 aromatic heterocycles. The van der Waals surface area contributed by atoms with Crippen molar-refractivity contribution in [2.45, 2.75) is 32.2 Å². The Morgan fingerprint density at radius 1 is 1.33 bits per heavy atom. The van der Waals surface area contributed by atoms with Gasteiger partial charge in [0.1, 0.15) is 0 Å². The highest BCUT2D eigenvalue weighted by Crippen LogP contribution is 2.31. The molecule has 2 rings (SSSR count). The van der Waals surface area contributed by atoms with Crippen molar-refractivity contribution in [1.82, 2.24) is 4.31 Å². The van der Waals surface area contributed by atoms with E-state index in [2.05, 4.69) is 0 Å². The van der Waals surface area contributed by atoms with E-state index in [1.54, 1.807) is 11.2 Å². The summed E-state index contributed by atoms with van der Waals surface area (Å²) in [5.74, 6) is 0.629. The van der Waals surface area contributed by atoms with Crippen molar-refractivity contribution in [3.8, 4) is 0 Å². The number of ether oxygens (including phenoxy) is 1. The van der Waals surface area contributed by atoms with Crippen LogP contribution in [0, 0.1) is 5.92 Å². The lowest BCUT2D eigenvalue weighted by Crippen LogP contribution is -2.38. The Morgan fingerprint density at radius 3 is 2.53 bits per heavy atom. The van der Waals surface area contributed by atoms with E-state index in [-0.39, 0.29) is 11.8 Å². The third kappa shape index (κ3) is 2.71. The largest absolute Gasteiger partial charge is 0.381 e. The van der Waals surface area contributed by atoms with Gasteiger partial charge in [-0.15, -0.1) is 0 Å². The molecule has 0 N–H and O–H groups in total. The van der Waals surface area contributed by atoms with Gasteiger partial charge in [0.05, 0.1) is 12.4 Å². The average molecular weight is 233 g/mol. The lowest BCUT2D eigenvalue weighted by Gasteiger charge is -2.23. The SMILES string of the molecule is CCS(=O)(=O)N(CC1CCOC1)C1CC1. The van der Waals surface area contributed by atoms with Crippen molar-refractivity contribution in [2.24, 2.45) is 5.92 Å². The topological polar surface area (TPSA) is 46.6 Å². The Balaban J connectivity index is 1.99. The molecule has 1 heterocycles. The minimum Gasteiger partial charge on any atom is -0.381 e. The maximum absolute atomic E-state index is 11.9. The van der Waals surface area contributed by atoms with E-state index in [0.29, 0.717) is 12.5 Å². The van der Waals surface area contributed by atoms with Crippen LogP contribution < -0.4 is 0 Å². The Kier molecular flexibility index (Phi) is 3.33. The first-order valence-electron chi connectivity index (χ1n) is 5.70. The van der Waals surface area contributed by atoms with Crippen molar-refractivity contribution >= 4 is 10.0 Å². The molecule has 1 unspecified atom stereocenters. The number of nitrogens with zero attached hydrogens (tertiary/aromatic N) is 1. The Hall–Kier alpha value is -0.130. The summed E-state index contributed by atoms with van der Waals surface area (Å²) < 4.78 is 30.7. The van der Waals surface area contributed by atoms with Gasteiger partial charge in [0.25, 0.3) is 0 Å². The average Bonchev–Trinajstić information content (AvgIpc) is 2.92. The van der Waals surface area contributed by atoms with Gasteiger partial charge >= 0.3 is 0 Å². The van der Waals surface area contributed by atoms with Gasteiger partial charge in [0.2, 0.25) is 10.0 Å². The smallest absolute Gasteiger partial charge is 0.214 e. The fourth-order valence-corrected chi connectivity index (χ4v) is 3.43. The molecule has 1 aliphatic heterocycles. The van der Waals surface area contributed by atoms with Crippen molar-refractivity contribution in [3.05, 3.63) is 0 Å². The summed E-state index contributed by atoms with van der Waals surface area (Å²) >= 11 is 0. The Labute approximate surface area is 91.6 Å². The normalized spacial score (nSPS) is 27.5. The predicted octanol–water partition coefficient (Wildman–Crippen LogP) is 0.837. The first kappa shape index (κ1) is 11.4. The van der Waals surface area contributed by atoms with E-state index in [9.17, 15) is 8.42 Å². The van der Waals surface area contributed by atoms with Crippen LogP contribution in [0.5, 0.6) is 0 Å². The standard InChI is InChI=1S/C10H19NO3S/c1-2-15(12,13)11(10-3-4-10)7-9-5-6-14-8-9/h9-10H,2-8H2,1H3. The maximum atomic E-state index is 11.9. The van der Waals surface area contributed by atoms with Crippen LogP contribution in [0.3, 0.4) is 0 Å². The van der Waals surface area contributed by atoms with Crippen LogP contribution in [-0.2, 0) is 14.8 Å². The molecule has 1 aliphatic carbocycles. The third-order valence-corrected chi connectivity index (χ3v) is 5.03. The second-order valence-electron chi connectivity index (χ2n) is 4.43. The molecule has 5 heteroatoms. The molecule has 4 nitrogen and oxygen atoms in total. The molecule has 0 bridgehead atoms. The highest BCUT2D eigenvalue weighted by molar-refractivity contribution is 7.89. The molecule has 1 atom stereocenters. The van der Waals surface area contributed by atoms with E-state index in [0.717, 1.165) is 32.5 Å². The quantitative estimate of drug-likeness (QED) is 0.707. The lowest BCUT2D eigenvalue weighted by atomic mass is 10.1. The molecule has 0 spiro atoms. The van der Waals surface area contributed by atoms with E-state index in [1.807, 2.05) is 0 Å². The zero-order valence-corrected chi connectivity index (χ0v) is 10.0. The zero-order valence-electron chi connectivity index (χ0n) is 9.18. The summed E-state index contributed by atoms with van der Waals surface area (Å²) in [7, 11) is -3.01. The van der Waals surface area contributed by atoms with Crippen LogP contribution in [0.25, 0.3) is 0 Å². The van der Waals surface area contributed by atoms with Gasteiger partial charge in [-0.2, -0.15) is 4.31 Å². The summed E-state index contributed by atoms with van der Waals surface area (Å²) in [6.07, 6.45) is 3.07. The third-order valence-electron chi connectivity index (χ3n) is 3.14. The summed E-state index contributed by atoms with van der Waals surface area (Å²) in [5, 5.41) is 0. The van der Waals surface area contributed by atoms with Crippen LogP contribution >= 0.6 is 0 Å². The Bertz CT molecular complexity index is 305. The number of sulfonamides is 1. The molecule has 15 heavy (non-hydrogen) atoms. The van der Waals surface area contributed by atoms with Gasteiger partial charge in [-0.25, -0.2) is 8.42 Å². The fraction of sp³-hybridized carbons (Fsp3) is 1.00. The molecule has 0 amide bonds. The summed E-state index contributed by atoms with van der Waals surface area (Å²) in [4.78, 5) is 0. The highest BCUT2D eigenvalue weighted by atomic mass is 32.2. The van der Waals surface area contributed by atoms with Gasteiger partial charge in [-0.05, 0) is 32.1 Å². The maximum Gasteiger partial charge on any atom is 0.214 e. The minimum absolute atomic E-state index is 0.219. The molecule has 0 aromatic carbocycles. The van der Waals surface area contributed by atoms with E-state index < -0.39 is 10.0 Å². The Morgan fingerprint density at radius 2 is 2.07 bits per heavy atom. The fourth-order valence-electron chi connectivity index (χ4n) is 2.00. The molecular weight excluding hydrogens is 214 g/mol. The molecule has 0 radical (unpaired) electrons. The van der Waals surface area contributed by atoms with E-state index >= 15 is 0 Å². The van der Waals surface area contributed by atoms with Crippen LogP contribution in [0.2, 0.25) is 0 Å². The highest BCUT2D eigenvalue weighted by Gasteiger charge is 2.37. The zero-order chi connectivity index (χ0) is 10.9. The molecule has 2 aliphatic rings. The molecule has 2 fully saturated rings. The van der Waals surface area contributed by atoms with Crippen molar-refractivity contribution < 1.29 is 13.2 Å². The van der Waals surface area contributed by atoms with Crippen LogP contribution in [0.4, 0.5) is 0 Å². The van der Waals surface area contributed by atoms with E-state index in [1.165, 1.54) is 0 Å². The lowest BCUT2D eigenvalue weighted by molar-refractivity contribution is 0.180. The van der Waals surface area contributed by atoms with Crippen LogP contribution in [0.1, 0.15) is 26.2 Å². The summed E-state index contributed by atoms with van der Waals surface area (Å²) in [6, 6.07) is 0.288. The van der Waals surface area contributed by atoms with Gasteiger partial charge < -0.3 is 4.74 Å². The number of hydrogen-bond donors (Lipinski definition) is 0. The van der Waals surface area contributed by atoms with Crippen molar-refractivity contribution in [3.63, 3.8) is 0 Å². The van der Waals surface area contributed by atoms with Gasteiger partial charge in [-0.1, -0.05) is 0 Å². The molecular formula is C10H19NO3S. The van der Waals surface area contributed by atoms with Crippen molar-refractivity contribution in [2.75, 3.05) is 25.5 Å². The van der Waals surface area contributed by atoms with Crippen molar-refractivity contribution in [1.29, 1.82) is 0 Å². The monoisotopic (exact) mass is 233 g/mol. The molecule has 0 aromatic rings. The van der Waals surface area contributed by atoms with Gasteiger partial charge in [0, 0.05) is 19.2 Å². The van der Waals surface area contributed by atoms with Crippen LogP contribution in [0.15, 0.2) is 0 Å². The second-order valence-corrected chi connectivity index (χ2v) is 6.64. The number of hydrogen-bond acceptors (Lipinski definition) is 3. The number of rotatable bonds is 5. The predicted molar refractivity (Wildman–Crippen MR) is 58.1 cm³/mol. The van der Waals surface area contributed by atoms with E-state index in [4.69, 9.17) is 4.74 Å². The second kappa shape index (κ2) is 4.39. The van der Waals surface area contributed by atoms with Gasteiger partial charge in [0.15, 0.2) is 0 Å². The first-order valence-corrected chi connectivity index (χ1v) is 7.31. The van der Waals surface area contributed by atoms with Crippen LogP contribution in [-0.4, -0.2) is 44.3 Å². The van der Waals surface area contributed by atoms with Gasteiger partial charge in [-0.3, -0.25) is 0 Å². The summed E-state index contributed by atoms with van der Waals surface area (Å²) in [5.41, 5.74) is 0. The summed E-state index contributed by atoms with van der Waals surface area (Å²) in [6.45, 7) is 3.90. The molecule has 1 saturated carbocycles. The minimum atomic E-state index is -3.01.